The van der Waals surface area contributed by atoms with Gasteiger partial charge in [0.25, 0.3) is 11.8 Å². The van der Waals surface area contributed by atoms with Gasteiger partial charge in [-0.1, -0.05) is 12.1 Å². The van der Waals surface area contributed by atoms with E-state index in [1.807, 2.05) is 0 Å². The van der Waals surface area contributed by atoms with Crippen LogP contribution in [0, 0.1) is 0 Å². The van der Waals surface area contributed by atoms with Gasteiger partial charge < -0.3 is 20.4 Å². The highest BCUT2D eigenvalue weighted by atomic mass is 32.2. The summed E-state index contributed by atoms with van der Waals surface area (Å²) < 4.78 is 0. The van der Waals surface area contributed by atoms with Crippen molar-refractivity contribution in [2.45, 2.75) is 37.8 Å². The van der Waals surface area contributed by atoms with Crippen LogP contribution in [-0.4, -0.2) is 87.1 Å². The second-order valence-corrected chi connectivity index (χ2v) is 8.75. The first-order valence-electron chi connectivity index (χ1n) is 10.4. The fourth-order valence-electron chi connectivity index (χ4n) is 3.97. The number of carbonyl (C=O) groups is 4. The van der Waals surface area contributed by atoms with Gasteiger partial charge in [-0.25, -0.2) is 4.79 Å². The molecule has 0 aromatic heterocycles. The molecule has 168 valence electrons. The van der Waals surface area contributed by atoms with Crippen molar-refractivity contribution in [1.29, 1.82) is 0 Å². The first-order chi connectivity index (χ1) is 14.9. The van der Waals surface area contributed by atoms with Crippen LogP contribution >= 0.6 is 11.8 Å². The van der Waals surface area contributed by atoms with Gasteiger partial charge in [0.2, 0.25) is 5.91 Å². The number of hydrogen-bond donors (Lipinski definition) is 3. The quantitative estimate of drug-likeness (QED) is 0.364. The van der Waals surface area contributed by atoms with Gasteiger partial charge in [-0.15, -0.1) is 0 Å². The minimum absolute atomic E-state index is 0.0124. The summed E-state index contributed by atoms with van der Waals surface area (Å²) >= 11 is 1.69. The van der Waals surface area contributed by atoms with Gasteiger partial charge in [-0.3, -0.25) is 19.3 Å². The van der Waals surface area contributed by atoms with E-state index < -0.39 is 24.6 Å². The number of nitrogens with zero attached hydrogens (tertiary/aromatic N) is 2. The molecule has 10 heteroatoms. The molecule has 9 nitrogen and oxygen atoms in total. The number of aliphatic hydroxyl groups is 1. The second kappa shape index (κ2) is 10.6. The van der Waals surface area contributed by atoms with Crippen molar-refractivity contribution in [2.75, 3.05) is 31.2 Å². The second-order valence-electron chi connectivity index (χ2n) is 7.60. The molecule has 0 radical (unpaired) electrons. The number of likely N-dealkylation sites (tertiary alicyclic amines) is 1. The van der Waals surface area contributed by atoms with Gasteiger partial charge >= 0.3 is 6.09 Å². The van der Waals surface area contributed by atoms with Crippen molar-refractivity contribution < 1.29 is 29.4 Å². The van der Waals surface area contributed by atoms with Gasteiger partial charge in [0, 0.05) is 24.9 Å². The summed E-state index contributed by atoms with van der Waals surface area (Å²) in [5.41, 5.74) is 0.929. The number of amides is 4. The molecule has 0 unspecified atom stereocenters. The van der Waals surface area contributed by atoms with Crippen molar-refractivity contribution in [1.82, 2.24) is 15.1 Å². The van der Waals surface area contributed by atoms with E-state index in [4.69, 9.17) is 5.11 Å². The molecule has 1 aromatic rings. The highest BCUT2D eigenvalue weighted by Crippen LogP contribution is 2.24. The summed E-state index contributed by atoms with van der Waals surface area (Å²) in [6.45, 7) is 0.376. The average Bonchev–Trinajstić information content (AvgIpc) is 3.32. The zero-order valence-corrected chi connectivity index (χ0v) is 18.0. The third kappa shape index (κ3) is 5.37. The molecule has 0 saturated carbocycles. The van der Waals surface area contributed by atoms with Gasteiger partial charge in [0.05, 0.1) is 17.7 Å². The molecule has 31 heavy (non-hydrogen) atoms. The molecule has 2 atom stereocenters. The molecular formula is C21H27N3O6S. The minimum Gasteiger partial charge on any atom is -0.465 e. The number of aliphatic hydroxyl groups excluding tert-OH is 1. The number of thioether (sulfide) groups is 1. The largest absolute Gasteiger partial charge is 0.465 e. The molecule has 2 heterocycles. The van der Waals surface area contributed by atoms with E-state index in [0.717, 1.165) is 30.8 Å². The SMILES string of the molecule is O=C(O)N[C@@H](CO)C(=O)N1CCC[C@H]1CSCCCCN1C(=O)c2ccccc2C1=O. The molecule has 1 aromatic carbocycles. The number of nitrogens with one attached hydrogen (secondary N) is 1. The Hall–Kier alpha value is -2.59. The number of hydrogen-bond acceptors (Lipinski definition) is 6. The van der Waals surface area contributed by atoms with Crippen LogP contribution in [0.5, 0.6) is 0 Å². The van der Waals surface area contributed by atoms with Crippen LogP contribution in [0.3, 0.4) is 0 Å². The van der Waals surface area contributed by atoms with E-state index >= 15 is 0 Å². The van der Waals surface area contributed by atoms with Crippen molar-refractivity contribution in [2.24, 2.45) is 0 Å². The van der Waals surface area contributed by atoms with Crippen LogP contribution in [0.25, 0.3) is 0 Å². The lowest BCUT2D eigenvalue weighted by Gasteiger charge is -2.28. The van der Waals surface area contributed by atoms with Crippen LogP contribution < -0.4 is 5.32 Å². The molecule has 1 saturated heterocycles. The fourth-order valence-corrected chi connectivity index (χ4v) is 5.16. The zero-order chi connectivity index (χ0) is 22.4. The summed E-state index contributed by atoms with van der Waals surface area (Å²) in [7, 11) is 0. The maximum atomic E-state index is 12.5. The van der Waals surface area contributed by atoms with Crippen LogP contribution in [0.15, 0.2) is 24.3 Å². The van der Waals surface area contributed by atoms with E-state index in [1.54, 1.807) is 40.9 Å². The van der Waals surface area contributed by atoms with E-state index in [-0.39, 0.29) is 17.9 Å². The standard InChI is InChI=1S/C21H27N3O6S/c25-12-17(22-21(29)30)20(28)23-10-5-6-14(23)13-31-11-4-3-9-24-18(26)15-7-1-2-8-16(15)19(24)27/h1-2,7-8,14,17,22,25H,3-6,9-13H2,(H,29,30)/t14-,17-/m0/s1. The Morgan fingerprint density at radius 1 is 1.16 bits per heavy atom. The Morgan fingerprint density at radius 3 is 2.45 bits per heavy atom. The maximum Gasteiger partial charge on any atom is 0.405 e. The monoisotopic (exact) mass is 449 g/mol. The fraction of sp³-hybridized carbons (Fsp3) is 0.524. The Bertz CT molecular complexity index is 813. The number of imide groups is 1. The summed E-state index contributed by atoms with van der Waals surface area (Å²) in [4.78, 5) is 51.0. The number of carbonyl (C=O) groups excluding carboxylic acids is 3. The summed E-state index contributed by atoms with van der Waals surface area (Å²) in [6.07, 6.45) is 1.90. The molecule has 3 N–H and O–H groups in total. The van der Waals surface area contributed by atoms with E-state index in [9.17, 15) is 24.3 Å². The molecule has 0 bridgehead atoms. The van der Waals surface area contributed by atoms with E-state index in [1.165, 1.54) is 4.90 Å². The molecular weight excluding hydrogens is 422 g/mol. The Morgan fingerprint density at radius 2 is 1.84 bits per heavy atom. The third-order valence-electron chi connectivity index (χ3n) is 5.55. The van der Waals surface area contributed by atoms with E-state index in [2.05, 4.69) is 5.32 Å². The Balaban J connectivity index is 1.38. The normalized spacial score (nSPS) is 18.9. The zero-order valence-electron chi connectivity index (χ0n) is 17.2. The summed E-state index contributed by atoms with van der Waals surface area (Å²) in [6, 6.07) is 5.73. The van der Waals surface area contributed by atoms with Gasteiger partial charge in [0.1, 0.15) is 6.04 Å². The van der Waals surface area contributed by atoms with Crippen LogP contribution in [0.2, 0.25) is 0 Å². The van der Waals surface area contributed by atoms with E-state index in [0.29, 0.717) is 30.6 Å². The van der Waals surface area contributed by atoms with Crippen LogP contribution in [0.4, 0.5) is 4.79 Å². The van der Waals surface area contributed by atoms with Gasteiger partial charge in [-0.05, 0) is 43.6 Å². The summed E-state index contributed by atoms with van der Waals surface area (Å²) in [5, 5.41) is 20.2. The Kier molecular flexibility index (Phi) is 7.91. The van der Waals surface area contributed by atoms with Crippen molar-refractivity contribution >= 4 is 35.6 Å². The highest BCUT2D eigenvalue weighted by molar-refractivity contribution is 7.99. The lowest BCUT2D eigenvalue weighted by atomic mass is 10.1. The van der Waals surface area contributed by atoms with Crippen LogP contribution in [-0.2, 0) is 4.79 Å². The first-order valence-corrected chi connectivity index (χ1v) is 11.5. The van der Waals surface area contributed by atoms with Crippen molar-refractivity contribution in [3.63, 3.8) is 0 Å². The lowest BCUT2D eigenvalue weighted by molar-refractivity contribution is -0.134. The van der Waals surface area contributed by atoms with Crippen LogP contribution in [0.1, 0.15) is 46.4 Å². The van der Waals surface area contributed by atoms with Gasteiger partial charge in [0.15, 0.2) is 0 Å². The molecule has 0 aliphatic carbocycles. The van der Waals surface area contributed by atoms with Crippen molar-refractivity contribution in [3.8, 4) is 0 Å². The lowest BCUT2D eigenvalue weighted by Crippen LogP contribution is -2.52. The number of fused-ring (bicyclic) bond motifs is 1. The predicted molar refractivity (Wildman–Crippen MR) is 115 cm³/mol. The molecule has 2 aliphatic heterocycles. The number of unbranched alkanes of at least 4 members (excludes halogenated alkanes) is 1. The molecule has 0 spiro atoms. The topological polar surface area (TPSA) is 127 Å². The minimum atomic E-state index is -1.34. The molecule has 2 aliphatic rings. The van der Waals surface area contributed by atoms with Gasteiger partial charge in [-0.2, -0.15) is 11.8 Å². The molecule has 3 rings (SSSR count). The number of carboxylic acid groups (broad SMARTS) is 1. The average molecular weight is 450 g/mol. The number of rotatable bonds is 10. The molecule has 4 amide bonds. The smallest absolute Gasteiger partial charge is 0.405 e. The Labute approximate surface area is 184 Å². The maximum absolute atomic E-state index is 12.5. The third-order valence-corrected chi connectivity index (χ3v) is 6.75. The number of benzene rings is 1. The highest BCUT2D eigenvalue weighted by Gasteiger charge is 2.35. The molecule has 1 fully saturated rings. The predicted octanol–water partition coefficient (Wildman–Crippen LogP) is 1.42. The first kappa shape index (κ1) is 23.1. The summed E-state index contributed by atoms with van der Waals surface area (Å²) in [5.74, 6) is 0.699. The van der Waals surface area contributed by atoms with Crippen molar-refractivity contribution in [3.05, 3.63) is 35.4 Å².